The average Bonchev–Trinajstić information content (AvgIpc) is 2.70. The molecule has 1 saturated heterocycles. The van der Waals surface area contributed by atoms with Crippen molar-refractivity contribution in [2.45, 2.75) is 19.3 Å². The predicted octanol–water partition coefficient (Wildman–Crippen LogP) is 2.37. The second-order valence-corrected chi connectivity index (χ2v) is 6.89. The van der Waals surface area contributed by atoms with E-state index in [1.807, 2.05) is 30.1 Å². The normalized spacial score (nSPS) is 15.6. The number of likely N-dealkylation sites (N-methyl/N-ethyl adjacent to an activating group) is 1. The zero-order valence-corrected chi connectivity index (χ0v) is 16.2. The number of aromatic nitrogens is 2. The second kappa shape index (κ2) is 8.70. The van der Waals surface area contributed by atoms with Crippen LogP contribution < -0.4 is 15.0 Å². The molecule has 1 aliphatic rings. The number of hydrogen-bond donors (Lipinski definition) is 1. The first kappa shape index (κ1) is 18.9. The Balaban J connectivity index is 1.53. The van der Waals surface area contributed by atoms with Gasteiger partial charge in [0.25, 0.3) is 0 Å². The van der Waals surface area contributed by atoms with E-state index in [-0.39, 0.29) is 5.91 Å². The van der Waals surface area contributed by atoms with Gasteiger partial charge in [0.1, 0.15) is 23.7 Å². The zero-order chi connectivity index (χ0) is 19.2. The minimum atomic E-state index is 0.114. The van der Waals surface area contributed by atoms with Crippen LogP contribution in [0.15, 0.2) is 36.7 Å². The van der Waals surface area contributed by atoms with Gasteiger partial charge in [0.2, 0.25) is 5.91 Å². The summed E-state index contributed by atoms with van der Waals surface area (Å²) >= 11 is 0. The Morgan fingerprint density at radius 3 is 2.70 bits per heavy atom. The third kappa shape index (κ3) is 4.87. The van der Waals surface area contributed by atoms with Crippen LogP contribution in [0, 0.1) is 0 Å². The fraction of sp³-hybridized carbons (Fsp3) is 0.450. The van der Waals surface area contributed by atoms with Crippen LogP contribution in [-0.4, -0.2) is 61.1 Å². The van der Waals surface area contributed by atoms with Crippen molar-refractivity contribution in [2.24, 2.45) is 0 Å². The zero-order valence-electron chi connectivity index (χ0n) is 16.2. The molecule has 1 atom stereocenters. The van der Waals surface area contributed by atoms with Crippen molar-refractivity contribution in [3.8, 4) is 5.75 Å². The number of methoxy groups -OCH3 is 1. The molecule has 3 rings (SSSR count). The molecule has 2 aromatic rings. The Labute approximate surface area is 160 Å². The molecular weight excluding hydrogens is 342 g/mol. The van der Waals surface area contributed by atoms with Crippen LogP contribution in [0.25, 0.3) is 0 Å². The molecular formula is C20H27N5O2. The molecule has 7 heteroatoms. The van der Waals surface area contributed by atoms with Gasteiger partial charge >= 0.3 is 0 Å². The smallest absolute Gasteiger partial charge is 0.241 e. The minimum absolute atomic E-state index is 0.114. The van der Waals surface area contributed by atoms with E-state index in [4.69, 9.17) is 4.74 Å². The van der Waals surface area contributed by atoms with Crippen molar-refractivity contribution in [1.29, 1.82) is 0 Å². The summed E-state index contributed by atoms with van der Waals surface area (Å²) in [6.07, 6.45) is 2.53. The Bertz CT molecular complexity index is 765. The van der Waals surface area contributed by atoms with Crippen molar-refractivity contribution >= 4 is 17.5 Å². The summed E-state index contributed by atoms with van der Waals surface area (Å²) in [7, 11) is 3.51. The highest BCUT2D eigenvalue weighted by molar-refractivity contribution is 5.82. The summed E-state index contributed by atoms with van der Waals surface area (Å²) in [5, 5.41) is 3.37. The maximum atomic E-state index is 11.9. The van der Waals surface area contributed by atoms with Gasteiger partial charge in [-0.1, -0.05) is 19.1 Å². The quantitative estimate of drug-likeness (QED) is 0.808. The summed E-state index contributed by atoms with van der Waals surface area (Å²) < 4.78 is 5.21. The summed E-state index contributed by atoms with van der Waals surface area (Å²) in [6.45, 7) is 4.88. The highest BCUT2D eigenvalue weighted by Gasteiger charge is 2.22. The summed E-state index contributed by atoms with van der Waals surface area (Å²) in [6, 6.07) is 10.1. The number of carbonyl (C=O) groups excluding carboxylic acids is 1. The largest absolute Gasteiger partial charge is 0.497 e. The number of anilines is 2. The van der Waals surface area contributed by atoms with E-state index < -0.39 is 0 Å². The molecule has 1 aromatic heterocycles. The lowest BCUT2D eigenvalue weighted by Crippen LogP contribution is -2.48. The molecule has 144 valence electrons. The summed E-state index contributed by atoms with van der Waals surface area (Å²) in [5.74, 6) is 2.99. The number of nitrogens with zero attached hydrogens (tertiary/aromatic N) is 4. The third-order valence-corrected chi connectivity index (χ3v) is 5.00. The van der Waals surface area contributed by atoms with Crippen LogP contribution in [0.4, 0.5) is 11.6 Å². The van der Waals surface area contributed by atoms with E-state index in [1.54, 1.807) is 18.3 Å². The van der Waals surface area contributed by atoms with Crippen LogP contribution in [0.5, 0.6) is 5.75 Å². The van der Waals surface area contributed by atoms with E-state index in [0.717, 1.165) is 36.9 Å². The topological polar surface area (TPSA) is 70.6 Å². The summed E-state index contributed by atoms with van der Waals surface area (Å²) in [5.41, 5.74) is 1.29. The first-order valence-electron chi connectivity index (χ1n) is 9.25. The van der Waals surface area contributed by atoms with Gasteiger partial charge in [0.05, 0.1) is 13.7 Å². The minimum Gasteiger partial charge on any atom is -0.497 e. The molecule has 1 fully saturated rings. The number of piperazine rings is 1. The van der Waals surface area contributed by atoms with Crippen molar-refractivity contribution in [2.75, 3.05) is 50.6 Å². The van der Waals surface area contributed by atoms with Gasteiger partial charge in [-0.25, -0.2) is 9.97 Å². The molecule has 0 bridgehead atoms. The average molecular weight is 369 g/mol. The third-order valence-electron chi connectivity index (χ3n) is 5.00. The van der Waals surface area contributed by atoms with E-state index >= 15 is 0 Å². The van der Waals surface area contributed by atoms with Crippen LogP contribution >= 0.6 is 0 Å². The van der Waals surface area contributed by atoms with Crippen LogP contribution in [-0.2, 0) is 4.79 Å². The molecule has 1 unspecified atom stereocenters. The Hall–Kier alpha value is -2.83. The number of benzene rings is 1. The van der Waals surface area contributed by atoms with Gasteiger partial charge in [0, 0.05) is 32.7 Å². The van der Waals surface area contributed by atoms with Gasteiger partial charge in [-0.15, -0.1) is 0 Å². The lowest BCUT2D eigenvalue weighted by atomic mass is 9.98. The number of ether oxygens (including phenoxy) is 1. The van der Waals surface area contributed by atoms with Crippen molar-refractivity contribution < 1.29 is 9.53 Å². The van der Waals surface area contributed by atoms with E-state index in [1.165, 1.54) is 5.56 Å². The number of hydrogen-bond acceptors (Lipinski definition) is 6. The van der Waals surface area contributed by atoms with Crippen molar-refractivity contribution in [3.63, 3.8) is 0 Å². The van der Waals surface area contributed by atoms with E-state index in [2.05, 4.69) is 34.3 Å². The van der Waals surface area contributed by atoms with Gasteiger partial charge < -0.3 is 19.9 Å². The maximum absolute atomic E-state index is 11.9. The number of rotatable bonds is 7. The first-order valence-corrected chi connectivity index (χ1v) is 9.25. The van der Waals surface area contributed by atoms with E-state index in [9.17, 15) is 4.79 Å². The predicted molar refractivity (Wildman–Crippen MR) is 106 cm³/mol. The summed E-state index contributed by atoms with van der Waals surface area (Å²) in [4.78, 5) is 24.3. The standard InChI is InChI=1S/C20H27N5O2/c1-15(16-4-6-17(27-3)7-5-16)8-9-21-18-12-19(23-14-22-18)25-11-10-24(2)20(26)13-25/h4-7,12,14-15H,8-11,13H2,1-3H3,(H,21,22,23). The van der Waals surface area contributed by atoms with Gasteiger partial charge in [-0.2, -0.15) is 0 Å². The molecule has 7 nitrogen and oxygen atoms in total. The molecule has 1 N–H and O–H groups in total. The SMILES string of the molecule is COc1ccc(C(C)CCNc2cc(N3CCN(C)C(=O)C3)ncn2)cc1. The van der Waals surface area contributed by atoms with Crippen molar-refractivity contribution in [1.82, 2.24) is 14.9 Å². The lowest BCUT2D eigenvalue weighted by Gasteiger charge is -2.32. The molecule has 1 aliphatic heterocycles. The van der Waals surface area contributed by atoms with Crippen LogP contribution in [0.2, 0.25) is 0 Å². The molecule has 0 radical (unpaired) electrons. The van der Waals surface area contributed by atoms with Crippen LogP contribution in [0.1, 0.15) is 24.8 Å². The molecule has 1 amide bonds. The maximum Gasteiger partial charge on any atom is 0.241 e. The van der Waals surface area contributed by atoms with Gasteiger partial charge in [-0.05, 0) is 30.0 Å². The second-order valence-electron chi connectivity index (χ2n) is 6.89. The Morgan fingerprint density at radius 2 is 2.00 bits per heavy atom. The molecule has 27 heavy (non-hydrogen) atoms. The van der Waals surface area contributed by atoms with Gasteiger partial charge in [-0.3, -0.25) is 4.79 Å². The number of nitrogens with one attached hydrogen (secondary N) is 1. The number of amides is 1. The lowest BCUT2D eigenvalue weighted by molar-refractivity contribution is -0.129. The fourth-order valence-electron chi connectivity index (χ4n) is 3.09. The highest BCUT2D eigenvalue weighted by Crippen LogP contribution is 2.22. The first-order chi connectivity index (χ1) is 13.1. The van der Waals surface area contributed by atoms with Crippen LogP contribution in [0.3, 0.4) is 0 Å². The molecule has 0 aliphatic carbocycles. The van der Waals surface area contributed by atoms with Gasteiger partial charge in [0.15, 0.2) is 0 Å². The molecule has 0 saturated carbocycles. The molecule has 2 heterocycles. The van der Waals surface area contributed by atoms with E-state index in [0.29, 0.717) is 19.0 Å². The Morgan fingerprint density at radius 1 is 1.22 bits per heavy atom. The highest BCUT2D eigenvalue weighted by atomic mass is 16.5. The number of carbonyl (C=O) groups is 1. The molecule has 1 aromatic carbocycles. The molecule has 0 spiro atoms. The Kier molecular flexibility index (Phi) is 6.11. The monoisotopic (exact) mass is 369 g/mol. The van der Waals surface area contributed by atoms with Crippen molar-refractivity contribution in [3.05, 3.63) is 42.2 Å². The fourth-order valence-corrected chi connectivity index (χ4v) is 3.09.